The molecule has 0 unspecified atom stereocenters. The minimum Gasteiger partial charge on any atom is -0.481 e. The first-order chi connectivity index (χ1) is 12.8. The molecule has 5 heteroatoms. The quantitative estimate of drug-likeness (QED) is 0.783. The summed E-state index contributed by atoms with van der Waals surface area (Å²) in [6.45, 7) is 0.400. The molecule has 2 aromatic carbocycles. The largest absolute Gasteiger partial charge is 0.481 e. The lowest BCUT2D eigenvalue weighted by molar-refractivity contribution is -0.122. The second kappa shape index (κ2) is 6.88. The number of methoxy groups -OCH3 is 1. The molecule has 5 nitrogen and oxygen atoms in total. The monoisotopic (exact) mass is 346 g/mol. The predicted molar refractivity (Wildman–Crippen MR) is 97.4 cm³/mol. The molecule has 1 N–H and O–H groups in total. The van der Waals surface area contributed by atoms with Crippen LogP contribution in [0, 0.1) is 0 Å². The van der Waals surface area contributed by atoms with E-state index in [9.17, 15) is 4.79 Å². The van der Waals surface area contributed by atoms with Crippen LogP contribution in [0.5, 0.6) is 17.4 Å². The zero-order chi connectivity index (χ0) is 17.9. The van der Waals surface area contributed by atoms with Crippen LogP contribution in [0.15, 0.2) is 66.9 Å². The van der Waals surface area contributed by atoms with Gasteiger partial charge in [0.2, 0.25) is 11.8 Å². The van der Waals surface area contributed by atoms with Gasteiger partial charge in [-0.1, -0.05) is 42.5 Å². The Bertz CT molecular complexity index is 892. The summed E-state index contributed by atoms with van der Waals surface area (Å²) in [5.74, 6) is 1.52. The number of carbonyl (C=O) groups is 1. The highest BCUT2D eigenvalue weighted by Gasteiger charge is 2.32. The van der Waals surface area contributed by atoms with Gasteiger partial charge in [0.25, 0.3) is 0 Å². The van der Waals surface area contributed by atoms with Crippen LogP contribution >= 0.6 is 0 Å². The van der Waals surface area contributed by atoms with Crippen molar-refractivity contribution < 1.29 is 14.3 Å². The fourth-order valence-corrected chi connectivity index (χ4v) is 3.12. The SMILES string of the molecule is COc1ccc(CNC(=O)C2c3ccccc3Oc3ccccc32)cn1. The predicted octanol–water partition coefficient (Wildman–Crippen LogP) is 3.64. The maximum Gasteiger partial charge on any atom is 0.232 e. The van der Waals surface area contributed by atoms with E-state index in [1.807, 2.05) is 54.6 Å². The first kappa shape index (κ1) is 16.1. The molecule has 4 rings (SSSR count). The van der Waals surface area contributed by atoms with E-state index in [-0.39, 0.29) is 5.91 Å². The molecule has 3 aromatic rings. The molecular weight excluding hydrogens is 328 g/mol. The smallest absolute Gasteiger partial charge is 0.232 e. The second-order valence-corrected chi connectivity index (χ2v) is 6.04. The first-order valence-electron chi connectivity index (χ1n) is 8.38. The van der Waals surface area contributed by atoms with Gasteiger partial charge in [-0.3, -0.25) is 4.79 Å². The maximum absolute atomic E-state index is 13.0. The van der Waals surface area contributed by atoms with E-state index in [0.29, 0.717) is 12.4 Å². The van der Waals surface area contributed by atoms with E-state index >= 15 is 0 Å². The Kier molecular flexibility index (Phi) is 4.27. The number of rotatable bonds is 4. The first-order valence-corrected chi connectivity index (χ1v) is 8.38. The molecule has 1 amide bonds. The summed E-state index contributed by atoms with van der Waals surface area (Å²) in [5.41, 5.74) is 2.65. The number of benzene rings is 2. The highest BCUT2D eigenvalue weighted by molar-refractivity contribution is 5.89. The summed E-state index contributed by atoms with van der Waals surface area (Å²) < 4.78 is 11.0. The number of carbonyl (C=O) groups excluding carboxylic acids is 1. The van der Waals surface area contributed by atoms with Crippen molar-refractivity contribution in [2.45, 2.75) is 12.5 Å². The molecule has 0 aliphatic carbocycles. The van der Waals surface area contributed by atoms with E-state index in [1.54, 1.807) is 19.4 Å². The van der Waals surface area contributed by atoms with E-state index in [0.717, 1.165) is 28.2 Å². The highest BCUT2D eigenvalue weighted by Crippen LogP contribution is 2.43. The van der Waals surface area contributed by atoms with Crippen LogP contribution in [-0.4, -0.2) is 18.0 Å². The number of fused-ring (bicyclic) bond motifs is 2. The molecular formula is C21H18N2O3. The molecule has 130 valence electrons. The maximum atomic E-state index is 13.0. The second-order valence-electron chi connectivity index (χ2n) is 6.04. The van der Waals surface area contributed by atoms with E-state index in [1.165, 1.54) is 0 Å². The van der Waals surface area contributed by atoms with Crippen molar-refractivity contribution in [3.63, 3.8) is 0 Å². The van der Waals surface area contributed by atoms with Gasteiger partial charge < -0.3 is 14.8 Å². The Hall–Kier alpha value is -3.34. The summed E-state index contributed by atoms with van der Waals surface area (Å²) in [7, 11) is 1.57. The van der Waals surface area contributed by atoms with Crippen molar-refractivity contribution in [2.75, 3.05) is 7.11 Å². The Morgan fingerprint density at radius 3 is 2.27 bits per heavy atom. The van der Waals surface area contributed by atoms with Crippen LogP contribution in [0.25, 0.3) is 0 Å². The molecule has 1 aliphatic heterocycles. The van der Waals surface area contributed by atoms with Crippen LogP contribution < -0.4 is 14.8 Å². The number of hydrogen-bond acceptors (Lipinski definition) is 4. The standard InChI is InChI=1S/C21H18N2O3/c1-25-19-11-10-14(12-22-19)13-23-21(24)20-15-6-2-4-8-17(15)26-18-9-5-3-7-16(18)20/h2-12,20H,13H2,1H3,(H,23,24). The fourth-order valence-electron chi connectivity index (χ4n) is 3.12. The van der Waals surface area contributed by atoms with Crippen molar-refractivity contribution in [1.29, 1.82) is 0 Å². The average Bonchev–Trinajstić information content (AvgIpc) is 2.70. The molecule has 0 atom stereocenters. The number of hydrogen-bond donors (Lipinski definition) is 1. The van der Waals surface area contributed by atoms with Gasteiger partial charge in [0, 0.05) is 29.9 Å². The number of amides is 1. The molecule has 0 bridgehead atoms. The van der Waals surface area contributed by atoms with Crippen LogP contribution in [0.1, 0.15) is 22.6 Å². The lowest BCUT2D eigenvalue weighted by Gasteiger charge is -2.27. The van der Waals surface area contributed by atoms with Crippen LogP contribution in [-0.2, 0) is 11.3 Å². The van der Waals surface area contributed by atoms with Gasteiger partial charge in [-0.05, 0) is 17.7 Å². The fraction of sp³-hybridized carbons (Fsp3) is 0.143. The highest BCUT2D eigenvalue weighted by atomic mass is 16.5. The molecule has 1 aliphatic rings. The van der Waals surface area contributed by atoms with Crippen molar-refractivity contribution >= 4 is 5.91 Å². The number of para-hydroxylation sites is 2. The molecule has 0 fully saturated rings. The Morgan fingerprint density at radius 2 is 1.69 bits per heavy atom. The minimum atomic E-state index is -0.401. The number of nitrogens with one attached hydrogen (secondary N) is 1. The summed E-state index contributed by atoms with van der Waals surface area (Å²) in [6.07, 6.45) is 1.70. The topological polar surface area (TPSA) is 60.5 Å². The van der Waals surface area contributed by atoms with Gasteiger partial charge in [0.15, 0.2) is 0 Å². The van der Waals surface area contributed by atoms with Crippen molar-refractivity contribution in [3.05, 3.63) is 83.6 Å². The van der Waals surface area contributed by atoms with Crippen LogP contribution in [0.3, 0.4) is 0 Å². The van der Waals surface area contributed by atoms with Gasteiger partial charge in [-0.25, -0.2) is 4.98 Å². The van der Waals surface area contributed by atoms with Gasteiger partial charge in [-0.2, -0.15) is 0 Å². The van der Waals surface area contributed by atoms with Crippen molar-refractivity contribution in [1.82, 2.24) is 10.3 Å². The Morgan fingerprint density at radius 1 is 1.04 bits per heavy atom. The summed E-state index contributed by atoms with van der Waals surface area (Å²) in [5, 5.41) is 3.01. The van der Waals surface area contributed by atoms with Gasteiger partial charge in [0.05, 0.1) is 13.0 Å². The third kappa shape index (κ3) is 2.99. The Balaban J connectivity index is 1.59. The van der Waals surface area contributed by atoms with E-state index in [2.05, 4.69) is 10.3 Å². The summed E-state index contributed by atoms with van der Waals surface area (Å²) >= 11 is 0. The van der Waals surface area contributed by atoms with Gasteiger partial charge >= 0.3 is 0 Å². The van der Waals surface area contributed by atoms with Crippen LogP contribution in [0.4, 0.5) is 0 Å². The zero-order valence-electron chi connectivity index (χ0n) is 14.3. The molecule has 26 heavy (non-hydrogen) atoms. The van der Waals surface area contributed by atoms with Gasteiger partial charge in [0.1, 0.15) is 11.5 Å². The van der Waals surface area contributed by atoms with Crippen molar-refractivity contribution in [2.24, 2.45) is 0 Å². The molecule has 0 radical (unpaired) electrons. The van der Waals surface area contributed by atoms with Gasteiger partial charge in [-0.15, -0.1) is 0 Å². The molecule has 1 aromatic heterocycles. The summed E-state index contributed by atoms with van der Waals surface area (Å²) in [4.78, 5) is 17.2. The molecule has 0 saturated heterocycles. The average molecular weight is 346 g/mol. The number of aromatic nitrogens is 1. The normalized spacial score (nSPS) is 12.5. The third-order valence-electron chi connectivity index (χ3n) is 4.42. The number of ether oxygens (including phenoxy) is 2. The molecule has 2 heterocycles. The molecule has 0 saturated carbocycles. The number of pyridine rings is 1. The Labute approximate surface area is 151 Å². The third-order valence-corrected chi connectivity index (χ3v) is 4.42. The van der Waals surface area contributed by atoms with Crippen molar-refractivity contribution in [3.8, 4) is 17.4 Å². The lowest BCUT2D eigenvalue weighted by atomic mass is 9.87. The van der Waals surface area contributed by atoms with E-state index in [4.69, 9.17) is 9.47 Å². The van der Waals surface area contributed by atoms with Crippen LogP contribution in [0.2, 0.25) is 0 Å². The zero-order valence-corrected chi connectivity index (χ0v) is 14.3. The minimum absolute atomic E-state index is 0.0657. The number of nitrogens with zero attached hydrogens (tertiary/aromatic N) is 1. The lowest BCUT2D eigenvalue weighted by Crippen LogP contribution is -2.31. The summed E-state index contributed by atoms with van der Waals surface area (Å²) in [6, 6.07) is 19.0. The van der Waals surface area contributed by atoms with E-state index < -0.39 is 5.92 Å². The molecule has 0 spiro atoms.